The lowest BCUT2D eigenvalue weighted by Crippen LogP contribution is -2.30. The third kappa shape index (κ3) is 5.11. The van der Waals surface area contributed by atoms with Crippen LogP contribution in [0, 0.1) is 0 Å². The average Bonchev–Trinajstić information content (AvgIpc) is 3.20. The molecule has 4 N–H and O–H groups in total. The lowest BCUT2D eigenvalue weighted by Gasteiger charge is -2.11. The maximum absolute atomic E-state index is 13.1. The van der Waals surface area contributed by atoms with Crippen molar-refractivity contribution in [1.82, 2.24) is 24.7 Å². The number of nitrogens with zero attached hydrogens (tertiary/aromatic N) is 4. The molecular weight excluding hydrogens is 451 g/mol. The van der Waals surface area contributed by atoms with Gasteiger partial charge in [-0.1, -0.05) is 6.07 Å². The van der Waals surface area contributed by atoms with Gasteiger partial charge in [0.2, 0.25) is 0 Å². The van der Waals surface area contributed by atoms with Crippen molar-refractivity contribution in [3.05, 3.63) is 72.4 Å². The minimum atomic E-state index is -4.63. The summed E-state index contributed by atoms with van der Waals surface area (Å²) in [6, 6.07) is 8.55. The van der Waals surface area contributed by atoms with Gasteiger partial charge in [-0.25, -0.2) is 14.8 Å². The van der Waals surface area contributed by atoms with Crippen LogP contribution in [0.1, 0.15) is 22.5 Å². The van der Waals surface area contributed by atoms with Gasteiger partial charge in [0.15, 0.2) is 11.6 Å². The number of fused-ring (bicyclic) bond motifs is 1. The van der Waals surface area contributed by atoms with Gasteiger partial charge in [-0.05, 0) is 30.3 Å². The highest BCUT2D eigenvalue weighted by Gasteiger charge is 2.34. The van der Waals surface area contributed by atoms with Crippen molar-refractivity contribution in [1.29, 1.82) is 0 Å². The second-order valence-electron chi connectivity index (χ2n) is 7.23. The molecule has 0 aromatic carbocycles. The van der Waals surface area contributed by atoms with Crippen LogP contribution in [0.2, 0.25) is 0 Å². The second-order valence-corrected chi connectivity index (χ2v) is 7.23. The zero-order chi connectivity index (χ0) is 24.3. The Morgan fingerprint density at radius 1 is 1.06 bits per heavy atom. The number of halogens is 3. The number of imidazole rings is 1. The van der Waals surface area contributed by atoms with Crippen LogP contribution < -0.4 is 16.4 Å². The van der Waals surface area contributed by atoms with Crippen molar-refractivity contribution in [2.75, 3.05) is 17.6 Å². The summed E-state index contributed by atoms with van der Waals surface area (Å²) in [5, 5.41) is 5.12. The van der Waals surface area contributed by atoms with Crippen LogP contribution in [0.25, 0.3) is 16.8 Å². The maximum Gasteiger partial charge on any atom is 0.419 e. The number of anilines is 2. The summed E-state index contributed by atoms with van der Waals surface area (Å²) in [5.74, 6) is -0.580. The number of aromatic nitrogens is 4. The molecule has 4 heterocycles. The molecule has 0 aliphatic carbocycles. The first-order valence-electron chi connectivity index (χ1n) is 10.0. The molecule has 0 saturated carbocycles. The molecule has 4 rings (SSSR count). The number of hydrogen-bond donors (Lipinski definition) is 3. The first-order valence-corrected chi connectivity index (χ1v) is 10.0. The summed E-state index contributed by atoms with van der Waals surface area (Å²) in [6.07, 6.45) is 1.28. The Hall–Kier alpha value is -4.48. The predicted octanol–water partition coefficient (Wildman–Crippen LogP) is 3.79. The molecule has 0 bridgehead atoms. The molecule has 0 spiro atoms. The molecule has 0 aliphatic rings. The number of carbonyl (C=O) groups excluding carboxylic acids is 2. The van der Waals surface area contributed by atoms with Crippen molar-refractivity contribution in [3.63, 3.8) is 0 Å². The van der Waals surface area contributed by atoms with Crippen LogP contribution in [0.5, 0.6) is 0 Å². The second kappa shape index (κ2) is 9.17. The van der Waals surface area contributed by atoms with E-state index in [1.165, 1.54) is 18.6 Å². The highest BCUT2D eigenvalue weighted by atomic mass is 19.4. The van der Waals surface area contributed by atoms with Gasteiger partial charge in [0.1, 0.15) is 17.2 Å². The molecule has 34 heavy (non-hydrogen) atoms. The molecular formula is C22H18F3N7O2. The van der Waals surface area contributed by atoms with Gasteiger partial charge >= 0.3 is 12.2 Å². The molecule has 0 atom stereocenters. The molecule has 0 radical (unpaired) electrons. The Morgan fingerprint density at radius 2 is 1.88 bits per heavy atom. The number of carbonyl (C=O) groups is 2. The maximum atomic E-state index is 13.1. The van der Waals surface area contributed by atoms with Gasteiger partial charge in [0.05, 0.1) is 11.8 Å². The van der Waals surface area contributed by atoms with E-state index in [9.17, 15) is 22.8 Å². The van der Waals surface area contributed by atoms with Gasteiger partial charge in [-0.3, -0.25) is 15.1 Å². The molecule has 4 aromatic rings. The molecule has 0 fully saturated rings. The molecule has 0 saturated heterocycles. The van der Waals surface area contributed by atoms with Crippen molar-refractivity contribution >= 4 is 29.1 Å². The van der Waals surface area contributed by atoms with Gasteiger partial charge in [-0.2, -0.15) is 13.2 Å². The van der Waals surface area contributed by atoms with E-state index < -0.39 is 23.6 Å². The van der Waals surface area contributed by atoms with Crippen molar-refractivity contribution < 1.29 is 22.8 Å². The average molecular weight is 469 g/mol. The molecule has 4 aromatic heterocycles. The quantitative estimate of drug-likeness (QED) is 0.369. The molecule has 0 aliphatic heterocycles. The molecule has 9 nitrogen and oxygen atoms in total. The number of pyridine rings is 3. The zero-order valence-electron chi connectivity index (χ0n) is 17.5. The van der Waals surface area contributed by atoms with E-state index in [0.717, 1.165) is 6.07 Å². The number of nitrogen functional groups attached to an aromatic ring is 1. The topological polar surface area (TPSA) is 127 Å². The van der Waals surface area contributed by atoms with Crippen LogP contribution in [0.15, 0.2) is 61.2 Å². The number of urea groups is 1. The molecule has 12 heteroatoms. The fourth-order valence-electron chi connectivity index (χ4n) is 3.19. The molecule has 0 unspecified atom stereocenters. The minimum absolute atomic E-state index is 0.0779. The lowest BCUT2D eigenvalue weighted by atomic mass is 10.1. The highest BCUT2D eigenvalue weighted by Crippen LogP contribution is 2.35. The normalized spacial score (nSPS) is 11.4. The predicted molar refractivity (Wildman–Crippen MR) is 118 cm³/mol. The van der Waals surface area contributed by atoms with E-state index >= 15 is 0 Å². The van der Waals surface area contributed by atoms with Gasteiger partial charge in [0.25, 0.3) is 0 Å². The Labute approximate surface area is 190 Å². The van der Waals surface area contributed by atoms with E-state index in [-0.39, 0.29) is 30.1 Å². The number of hydrogen-bond acceptors (Lipinski definition) is 6. The van der Waals surface area contributed by atoms with E-state index in [0.29, 0.717) is 16.9 Å². The summed E-state index contributed by atoms with van der Waals surface area (Å²) in [7, 11) is 0. The number of nitrogens with two attached hydrogens (primary N) is 1. The monoisotopic (exact) mass is 469 g/mol. The number of amides is 2. The minimum Gasteiger partial charge on any atom is -0.383 e. The fourth-order valence-corrected chi connectivity index (χ4v) is 3.19. The largest absolute Gasteiger partial charge is 0.419 e. The lowest BCUT2D eigenvalue weighted by molar-refractivity contribution is -0.137. The van der Waals surface area contributed by atoms with Crippen LogP contribution in [0.4, 0.5) is 29.6 Å². The van der Waals surface area contributed by atoms with Crippen LogP contribution in [0.3, 0.4) is 0 Å². The molecule has 174 valence electrons. The van der Waals surface area contributed by atoms with Crippen LogP contribution in [-0.2, 0) is 6.18 Å². The van der Waals surface area contributed by atoms with Crippen molar-refractivity contribution in [2.45, 2.75) is 12.6 Å². The number of rotatable bonds is 6. The van der Waals surface area contributed by atoms with Gasteiger partial charge in [-0.15, -0.1) is 0 Å². The van der Waals surface area contributed by atoms with E-state index in [1.807, 2.05) is 0 Å². The van der Waals surface area contributed by atoms with Gasteiger partial charge < -0.3 is 15.5 Å². The van der Waals surface area contributed by atoms with Gasteiger partial charge in [0, 0.05) is 42.7 Å². The summed E-state index contributed by atoms with van der Waals surface area (Å²) in [6.45, 7) is 0.102. The summed E-state index contributed by atoms with van der Waals surface area (Å²) in [5.41, 5.74) is 5.80. The number of Topliss-reactive ketones (excluding diaryl/α,β-unsaturated/α-hetero) is 1. The summed E-state index contributed by atoms with van der Waals surface area (Å²) in [4.78, 5) is 36.0. The third-order valence-electron chi connectivity index (χ3n) is 4.84. The fraction of sp³-hybridized carbons (Fsp3) is 0.136. The summed E-state index contributed by atoms with van der Waals surface area (Å²) >= 11 is 0. The van der Waals surface area contributed by atoms with Crippen LogP contribution >= 0.6 is 0 Å². The first kappa shape index (κ1) is 22.7. The number of ketones is 1. The summed E-state index contributed by atoms with van der Waals surface area (Å²) < 4.78 is 41.0. The highest BCUT2D eigenvalue weighted by molar-refractivity contribution is 5.95. The Bertz CT molecular complexity index is 1350. The smallest absolute Gasteiger partial charge is 0.383 e. The Balaban J connectivity index is 1.41. The van der Waals surface area contributed by atoms with Crippen molar-refractivity contribution in [2.24, 2.45) is 0 Å². The first-order chi connectivity index (χ1) is 16.2. The zero-order valence-corrected chi connectivity index (χ0v) is 17.5. The van der Waals surface area contributed by atoms with E-state index in [2.05, 4.69) is 25.6 Å². The standard InChI is InChI=1S/C22H18F3N7O2/c23-22(24,25)15-9-14(10-29-20(15)26)13-4-5-19-30-18(12-32(19)11-13)31-21(34)28-8-6-17(33)16-3-1-2-7-27-16/h1-5,7,9-12H,6,8H2,(H2,26,29)(H2,28,31,34). The number of nitrogens with one attached hydrogen (secondary N) is 2. The Kier molecular flexibility index (Phi) is 6.13. The van der Waals surface area contributed by atoms with Crippen molar-refractivity contribution in [3.8, 4) is 11.1 Å². The third-order valence-corrected chi connectivity index (χ3v) is 4.84. The Morgan fingerprint density at radius 3 is 2.62 bits per heavy atom. The van der Waals surface area contributed by atoms with E-state index in [4.69, 9.17) is 5.73 Å². The SMILES string of the molecule is Nc1ncc(-c2ccc3nc(NC(=O)NCCC(=O)c4ccccn4)cn3c2)cc1C(F)(F)F. The number of alkyl halides is 3. The van der Waals surface area contributed by atoms with Crippen LogP contribution in [-0.4, -0.2) is 37.7 Å². The van der Waals surface area contributed by atoms with E-state index in [1.54, 1.807) is 40.9 Å². The molecule has 2 amide bonds.